The third-order valence-corrected chi connectivity index (χ3v) is 9.07. The fourth-order valence-corrected chi connectivity index (χ4v) is 6.19. The third kappa shape index (κ3) is 5.52. The van der Waals surface area contributed by atoms with Crippen molar-refractivity contribution in [3.8, 4) is 0 Å². The van der Waals surface area contributed by atoms with Crippen LogP contribution in [0.3, 0.4) is 0 Å². The molecule has 2 aliphatic rings. The molecule has 188 valence electrons. The lowest BCUT2D eigenvalue weighted by molar-refractivity contribution is -0.117. The molecule has 1 heterocycles. The van der Waals surface area contributed by atoms with Crippen LogP contribution in [0.2, 0.25) is 0 Å². The highest BCUT2D eigenvalue weighted by molar-refractivity contribution is 7.91. The number of rotatable bonds is 7. The van der Waals surface area contributed by atoms with Gasteiger partial charge in [-0.2, -0.15) is 0 Å². The number of nitrogens with one attached hydrogen (secondary N) is 1. The number of carbonyl (C=O) groups is 1. The van der Waals surface area contributed by atoms with E-state index in [2.05, 4.69) is 29.3 Å². The van der Waals surface area contributed by atoms with Gasteiger partial charge < -0.3 is 5.32 Å². The SMILES string of the molecule is Cc1ccc(NC(=O)C2CC2)cc1C1CCN(Cc2ccc(S(=O)(=O)c3ccc(F)cc3)cc2)CC1. The van der Waals surface area contributed by atoms with Gasteiger partial charge in [-0.3, -0.25) is 9.69 Å². The van der Waals surface area contributed by atoms with E-state index in [1.165, 1.54) is 23.3 Å². The zero-order valence-corrected chi connectivity index (χ0v) is 21.2. The zero-order valence-electron chi connectivity index (χ0n) is 20.4. The number of likely N-dealkylation sites (tertiary alicyclic amines) is 1. The zero-order chi connectivity index (χ0) is 25.3. The van der Waals surface area contributed by atoms with Gasteiger partial charge in [-0.25, -0.2) is 12.8 Å². The van der Waals surface area contributed by atoms with E-state index in [9.17, 15) is 17.6 Å². The molecule has 0 bridgehead atoms. The highest BCUT2D eigenvalue weighted by Crippen LogP contribution is 2.34. The molecule has 0 atom stereocenters. The summed E-state index contributed by atoms with van der Waals surface area (Å²) in [5.41, 5.74) is 4.53. The van der Waals surface area contributed by atoms with Crippen LogP contribution in [0, 0.1) is 18.7 Å². The molecule has 1 aliphatic heterocycles. The first-order valence-electron chi connectivity index (χ1n) is 12.5. The fourth-order valence-electron chi connectivity index (χ4n) is 4.93. The summed E-state index contributed by atoms with van der Waals surface area (Å²) in [6.07, 6.45) is 4.07. The second kappa shape index (κ2) is 10.1. The van der Waals surface area contributed by atoms with E-state index in [0.29, 0.717) is 5.92 Å². The van der Waals surface area contributed by atoms with E-state index in [1.54, 1.807) is 12.1 Å². The van der Waals surface area contributed by atoms with Crippen molar-refractivity contribution >= 4 is 21.4 Å². The van der Waals surface area contributed by atoms with Gasteiger partial charge in [0.2, 0.25) is 15.7 Å². The predicted octanol–water partition coefficient (Wildman–Crippen LogP) is 5.70. The number of amides is 1. The minimum Gasteiger partial charge on any atom is -0.326 e. The minimum absolute atomic E-state index is 0.0881. The molecule has 0 aromatic heterocycles. The lowest BCUT2D eigenvalue weighted by Gasteiger charge is -2.33. The molecule has 1 saturated carbocycles. The Morgan fingerprint density at radius 2 is 1.53 bits per heavy atom. The summed E-state index contributed by atoms with van der Waals surface area (Å²) in [6.45, 7) is 4.81. The fraction of sp³-hybridized carbons (Fsp3) is 0.345. The second-order valence-corrected chi connectivity index (χ2v) is 11.9. The van der Waals surface area contributed by atoms with Gasteiger partial charge in [-0.15, -0.1) is 0 Å². The molecule has 1 N–H and O–H groups in total. The van der Waals surface area contributed by atoms with Crippen molar-refractivity contribution in [2.45, 2.75) is 54.9 Å². The lowest BCUT2D eigenvalue weighted by atomic mass is 9.86. The minimum atomic E-state index is -3.67. The number of carbonyl (C=O) groups excluding carboxylic acids is 1. The summed E-state index contributed by atoms with van der Waals surface area (Å²) < 4.78 is 38.8. The van der Waals surface area contributed by atoms with Crippen molar-refractivity contribution in [2.75, 3.05) is 18.4 Å². The van der Waals surface area contributed by atoms with Crippen LogP contribution < -0.4 is 5.32 Å². The van der Waals surface area contributed by atoms with E-state index in [1.807, 2.05) is 18.2 Å². The summed E-state index contributed by atoms with van der Waals surface area (Å²) in [7, 11) is -3.67. The first kappa shape index (κ1) is 24.7. The quantitative estimate of drug-likeness (QED) is 0.418. The summed E-state index contributed by atoms with van der Waals surface area (Å²) in [5, 5.41) is 3.07. The predicted molar refractivity (Wildman–Crippen MR) is 138 cm³/mol. The van der Waals surface area contributed by atoms with Crippen LogP contribution in [0.25, 0.3) is 0 Å². The Hall–Kier alpha value is -3.03. The summed E-state index contributed by atoms with van der Waals surface area (Å²) in [4.78, 5) is 14.9. The average molecular weight is 507 g/mol. The molecular formula is C29H31FN2O3S. The van der Waals surface area contributed by atoms with E-state index in [0.717, 1.165) is 68.7 Å². The van der Waals surface area contributed by atoms with Crippen molar-refractivity contribution in [2.24, 2.45) is 5.92 Å². The van der Waals surface area contributed by atoms with Crippen molar-refractivity contribution < 1.29 is 17.6 Å². The van der Waals surface area contributed by atoms with Crippen LogP contribution >= 0.6 is 0 Å². The van der Waals surface area contributed by atoms with Crippen molar-refractivity contribution in [1.82, 2.24) is 4.90 Å². The Morgan fingerprint density at radius 1 is 0.917 bits per heavy atom. The van der Waals surface area contributed by atoms with E-state index in [-0.39, 0.29) is 21.6 Å². The van der Waals surface area contributed by atoms with Gasteiger partial charge in [-0.05, 0) is 117 Å². The van der Waals surface area contributed by atoms with Gasteiger partial charge in [0, 0.05) is 18.2 Å². The lowest BCUT2D eigenvalue weighted by Crippen LogP contribution is -2.32. The van der Waals surface area contributed by atoms with Crippen LogP contribution in [0.15, 0.2) is 76.5 Å². The molecule has 1 aliphatic carbocycles. The maximum atomic E-state index is 13.2. The van der Waals surface area contributed by atoms with Gasteiger partial charge in [0.25, 0.3) is 0 Å². The maximum absolute atomic E-state index is 13.2. The Kier molecular flexibility index (Phi) is 6.95. The van der Waals surface area contributed by atoms with Crippen LogP contribution in [-0.2, 0) is 21.2 Å². The number of anilines is 1. The summed E-state index contributed by atoms with van der Waals surface area (Å²) >= 11 is 0. The van der Waals surface area contributed by atoms with Gasteiger partial charge >= 0.3 is 0 Å². The highest BCUT2D eigenvalue weighted by Gasteiger charge is 2.30. The first-order chi connectivity index (χ1) is 17.3. The molecular weight excluding hydrogens is 475 g/mol. The molecule has 1 amide bonds. The molecule has 36 heavy (non-hydrogen) atoms. The highest BCUT2D eigenvalue weighted by atomic mass is 32.2. The van der Waals surface area contributed by atoms with E-state index < -0.39 is 15.7 Å². The van der Waals surface area contributed by atoms with Crippen LogP contribution in [0.5, 0.6) is 0 Å². The summed E-state index contributed by atoms with van der Waals surface area (Å²) in [5.74, 6) is 0.324. The van der Waals surface area contributed by atoms with Gasteiger partial charge in [0.05, 0.1) is 9.79 Å². The number of aryl methyl sites for hydroxylation is 1. The molecule has 3 aromatic carbocycles. The smallest absolute Gasteiger partial charge is 0.227 e. The second-order valence-electron chi connectivity index (χ2n) is 9.99. The first-order valence-corrected chi connectivity index (χ1v) is 14.0. The molecule has 5 nitrogen and oxygen atoms in total. The number of halogens is 1. The van der Waals surface area contributed by atoms with E-state index >= 15 is 0 Å². The van der Waals surface area contributed by atoms with Crippen molar-refractivity contribution in [3.05, 3.63) is 89.2 Å². The monoisotopic (exact) mass is 506 g/mol. The molecule has 3 aromatic rings. The molecule has 1 saturated heterocycles. The molecule has 2 fully saturated rings. The Morgan fingerprint density at radius 3 is 2.14 bits per heavy atom. The number of nitrogens with zero attached hydrogens (tertiary/aromatic N) is 1. The largest absolute Gasteiger partial charge is 0.326 e. The number of sulfone groups is 1. The van der Waals surface area contributed by atoms with Gasteiger partial charge in [-0.1, -0.05) is 18.2 Å². The van der Waals surface area contributed by atoms with Crippen molar-refractivity contribution in [3.63, 3.8) is 0 Å². The van der Waals surface area contributed by atoms with Gasteiger partial charge in [0.15, 0.2) is 0 Å². The normalized spacial score (nSPS) is 17.2. The molecule has 5 rings (SSSR count). The summed E-state index contributed by atoms with van der Waals surface area (Å²) in [6, 6.07) is 18.1. The topological polar surface area (TPSA) is 66.5 Å². The number of hydrogen-bond donors (Lipinski definition) is 1. The van der Waals surface area contributed by atoms with Crippen LogP contribution in [-0.4, -0.2) is 32.3 Å². The maximum Gasteiger partial charge on any atom is 0.227 e. The Bertz CT molecular complexity index is 1340. The van der Waals surface area contributed by atoms with Crippen LogP contribution in [0.4, 0.5) is 10.1 Å². The molecule has 0 unspecified atom stereocenters. The molecule has 7 heteroatoms. The standard InChI is InChI=1S/C29H31FN2O3S/c1-20-2-9-25(31-29(33)23-5-6-23)18-28(20)22-14-16-32(17-15-22)19-21-3-10-26(11-4-21)36(34,35)27-12-7-24(30)8-13-27/h2-4,7-13,18,22-23H,5-6,14-17,19H2,1H3,(H,31,33). The number of piperidine rings is 1. The molecule has 0 radical (unpaired) electrons. The van der Waals surface area contributed by atoms with E-state index in [4.69, 9.17) is 0 Å². The van der Waals surface area contributed by atoms with Gasteiger partial charge in [0.1, 0.15) is 5.82 Å². The average Bonchev–Trinajstić information content (AvgIpc) is 3.72. The Balaban J connectivity index is 1.19. The number of hydrogen-bond acceptors (Lipinski definition) is 4. The number of benzene rings is 3. The molecule has 0 spiro atoms. The van der Waals surface area contributed by atoms with Crippen LogP contribution in [0.1, 0.15) is 48.3 Å². The third-order valence-electron chi connectivity index (χ3n) is 7.29. The van der Waals surface area contributed by atoms with Crippen molar-refractivity contribution in [1.29, 1.82) is 0 Å². The Labute approximate surface area is 212 Å².